The Morgan fingerprint density at radius 2 is 1.67 bits per heavy atom. The molecule has 1 aliphatic rings. The fraction of sp³-hybridized carbons (Fsp3) is 0.346. The first-order chi connectivity index (χ1) is 15.1. The SMILES string of the molecule is C.CC(C)(C)c1cc(-c2cncc(-c3ccc(C(=O)N4CC(O)C(O)C4)cc3Cl)c2)ccn1. The Balaban J connectivity index is 0.00000306. The van der Waals surface area contributed by atoms with Crippen molar-refractivity contribution < 1.29 is 15.0 Å². The number of hydrogen-bond donors (Lipinski definition) is 2. The minimum Gasteiger partial charge on any atom is -0.388 e. The summed E-state index contributed by atoms with van der Waals surface area (Å²) in [6.45, 7) is 6.58. The van der Waals surface area contributed by atoms with Gasteiger partial charge in [-0.25, -0.2) is 0 Å². The van der Waals surface area contributed by atoms with Crippen molar-refractivity contribution in [3.8, 4) is 22.3 Å². The third-order valence-corrected chi connectivity index (χ3v) is 5.99. The first kappa shape index (κ1) is 24.8. The van der Waals surface area contributed by atoms with Crippen molar-refractivity contribution in [3.63, 3.8) is 0 Å². The van der Waals surface area contributed by atoms with E-state index in [9.17, 15) is 15.0 Å². The van der Waals surface area contributed by atoms with Gasteiger partial charge in [-0.05, 0) is 35.9 Å². The van der Waals surface area contributed by atoms with Crippen LogP contribution in [-0.2, 0) is 5.41 Å². The summed E-state index contributed by atoms with van der Waals surface area (Å²) in [5, 5.41) is 19.9. The van der Waals surface area contributed by atoms with E-state index in [1.165, 1.54) is 4.90 Å². The zero-order chi connectivity index (χ0) is 23.0. The molecule has 1 amide bonds. The van der Waals surface area contributed by atoms with E-state index in [1.807, 2.05) is 18.3 Å². The smallest absolute Gasteiger partial charge is 0.254 e. The molecule has 0 bridgehead atoms. The molecular weight excluding hydrogens is 438 g/mol. The number of hydrogen-bond acceptors (Lipinski definition) is 5. The molecular formula is C26H30ClN3O3. The van der Waals surface area contributed by atoms with Crippen molar-refractivity contribution in [2.45, 2.75) is 45.8 Å². The Kier molecular flexibility index (Phi) is 7.22. The fourth-order valence-corrected chi connectivity index (χ4v) is 4.06. The van der Waals surface area contributed by atoms with Crippen molar-refractivity contribution >= 4 is 17.5 Å². The molecule has 2 atom stereocenters. The van der Waals surface area contributed by atoms with Crippen LogP contribution in [0.2, 0.25) is 5.02 Å². The van der Waals surface area contributed by atoms with Gasteiger partial charge in [0, 0.05) is 70.1 Å². The molecule has 0 spiro atoms. The molecule has 6 nitrogen and oxygen atoms in total. The first-order valence-corrected chi connectivity index (χ1v) is 10.9. The quantitative estimate of drug-likeness (QED) is 0.589. The summed E-state index contributed by atoms with van der Waals surface area (Å²) in [4.78, 5) is 23.0. The van der Waals surface area contributed by atoms with Crippen LogP contribution >= 0.6 is 11.6 Å². The number of nitrogens with zero attached hydrogens (tertiary/aromatic N) is 3. The van der Waals surface area contributed by atoms with Crippen LogP contribution in [0.25, 0.3) is 22.3 Å². The van der Waals surface area contributed by atoms with Crippen molar-refractivity contribution in [1.82, 2.24) is 14.9 Å². The second kappa shape index (κ2) is 9.59. The highest BCUT2D eigenvalue weighted by Crippen LogP contribution is 2.32. The van der Waals surface area contributed by atoms with Crippen LogP contribution in [0.15, 0.2) is 55.0 Å². The standard InChI is InChI=1S/C25H26ClN3O3.CH4/c1-25(2,3)23-10-15(6-7-28-23)17-8-18(12-27-11-17)19-5-4-16(9-20(19)26)24(32)29-13-21(30)22(31)14-29;/h4-12,21-22,30-31H,13-14H2,1-3H3;1H4. The molecule has 0 aliphatic carbocycles. The molecule has 4 rings (SSSR count). The summed E-state index contributed by atoms with van der Waals surface area (Å²) in [7, 11) is 0. The van der Waals surface area contributed by atoms with Gasteiger partial charge in [0.2, 0.25) is 0 Å². The zero-order valence-electron chi connectivity index (χ0n) is 18.3. The van der Waals surface area contributed by atoms with Crippen LogP contribution in [0.5, 0.6) is 0 Å². The molecule has 7 heteroatoms. The third-order valence-electron chi connectivity index (χ3n) is 5.67. The van der Waals surface area contributed by atoms with Crippen LogP contribution in [0, 0.1) is 0 Å². The Labute approximate surface area is 199 Å². The average molecular weight is 468 g/mol. The molecule has 1 aliphatic heterocycles. The van der Waals surface area contributed by atoms with E-state index in [1.54, 1.807) is 30.6 Å². The molecule has 0 radical (unpaired) electrons. The lowest BCUT2D eigenvalue weighted by Gasteiger charge is -2.18. The molecule has 2 aromatic heterocycles. The lowest BCUT2D eigenvalue weighted by molar-refractivity contribution is 0.0572. The lowest BCUT2D eigenvalue weighted by Crippen LogP contribution is -2.29. The molecule has 0 saturated carbocycles. The molecule has 33 heavy (non-hydrogen) atoms. The summed E-state index contributed by atoms with van der Waals surface area (Å²) in [5.41, 5.74) is 4.93. The number of β-amino-alcohol motifs (C(OH)–C–C–N with tert-alkyl or cyclic N) is 2. The van der Waals surface area contributed by atoms with Gasteiger partial charge in [-0.3, -0.25) is 14.8 Å². The van der Waals surface area contributed by atoms with Gasteiger partial charge in [0.05, 0.1) is 12.2 Å². The maximum atomic E-state index is 12.7. The van der Waals surface area contributed by atoms with Crippen LogP contribution in [0.4, 0.5) is 0 Å². The Hall–Kier alpha value is -2.80. The molecule has 1 fully saturated rings. The molecule has 2 unspecified atom stereocenters. The molecule has 2 N–H and O–H groups in total. The average Bonchev–Trinajstić information content (AvgIpc) is 3.11. The molecule has 1 aromatic carbocycles. The maximum Gasteiger partial charge on any atom is 0.254 e. The molecule has 3 heterocycles. The first-order valence-electron chi connectivity index (χ1n) is 10.5. The van der Waals surface area contributed by atoms with E-state index in [0.29, 0.717) is 10.6 Å². The van der Waals surface area contributed by atoms with Gasteiger partial charge in [-0.1, -0.05) is 45.9 Å². The fourth-order valence-electron chi connectivity index (χ4n) is 3.77. The van der Waals surface area contributed by atoms with Gasteiger partial charge >= 0.3 is 0 Å². The lowest BCUT2D eigenvalue weighted by atomic mass is 9.90. The zero-order valence-corrected chi connectivity index (χ0v) is 19.0. The van der Waals surface area contributed by atoms with Crippen molar-refractivity contribution in [3.05, 3.63) is 71.3 Å². The van der Waals surface area contributed by atoms with Gasteiger partial charge in [0.15, 0.2) is 0 Å². The van der Waals surface area contributed by atoms with Crippen molar-refractivity contribution in [2.75, 3.05) is 13.1 Å². The Morgan fingerprint density at radius 3 is 2.30 bits per heavy atom. The highest BCUT2D eigenvalue weighted by atomic mass is 35.5. The van der Waals surface area contributed by atoms with Crippen LogP contribution in [-0.4, -0.2) is 56.3 Å². The normalized spacial score (nSPS) is 18.2. The summed E-state index contributed by atoms with van der Waals surface area (Å²) in [6, 6.07) is 11.2. The predicted octanol–water partition coefficient (Wildman–Crippen LogP) is 4.58. The van der Waals surface area contributed by atoms with Crippen LogP contribution < -0.4 is 0 Å². The van der Waals surface area contributed by atoms with Gasteiger partial charge in [-0.2, -0.15) is 0 Å². The highest BCUT2D eigenvalue weighted by Gasteiger charge is 2.33. The van der Waals surface area contributed by atoms with E-state index in [2.05, 4.69) is 36.8 Å². The van der Waals surface area contributed by atoms with E-state index in [4.69, 9.17) is 11.6 Å². The number of halogens is 1. The Bertz CT molecular complexity index is 1150. The summed E-state index contributed by atoms with van der Waals surface area (Å²) in [6.07, 6.45) is 3.51. The number of likely N-dealkylation sites (tertiary alicyclic amines) is 1. The molecule has 1 saturated heterocycles. The van der Waals surface area contributed by atoms with E-state index in [0.717, 1.165) is 27.9 Å². The number of benzene rings is 1. The molecule has 3 aromatic rings. The number of carbonyl (C=O) groups is 1. The van der Waals surface area contributed by atoms with Gasteiger partial charge < -0.3 is 15.1 Å². The second-order valence-electron chi connectivity index (χ2n) is 9.18. The van der Waals surface area contributed by atoms with Crippen molar-refractivity contribution in [2.24, 2.45) is 0 Å². The predicted molar refractivity (Wildman–Crippen MR) is 131 cm³/mol. The number of amides is 1. The second-order valence-corrected chi connectivity index (χ2v) is 9.59. The minimum absolute atomic E-state index is 0. The number of carbonyl (C=O) groups excluding carboxylic acids is 1. The summed E-state index contributed by atoms with van der Waals surface area (Å²) >= 11 is 6.55. The maximum absolute atomic E-state index is 12.7. The minimum atomic E-state index is -0.922. The van der Waals surface area contributed by atoms with Gasteiger partial charge in [0.25, 0.3) is 5.91 Å². The van der Waals surface area contributed by atoms with Crippen LogP contribution in [0.3, 0.4) is 0 Å². The third kappa shape index (κ3) is 5.24. The number of rotatable bonds is 3. The summed E-state index contributed by atoms with van der Waals surface area (Å²) < 4.78 is 0. The van der Waals surface area contributed by atoms with E-state index in [-0.39, 0.29) is 31.8 Å². The highest BCUT2D eigenvalue weighted by molar-refractivity contribution is 6.33. The largest absolute Gasteiger partial charge is 0.388 e. The van der Waals surface area contributed by atoms with Gasteiger partial charge in [0.1, 0.15) is 0 Å². The molecule has 174 valence electrons. The number of aliphatic hydroxyl groups excluding tert-OH is 2. The Morgan fingerprint density at radius 1 is 1.00 bits per heavy atom. The number of aromatic nitrogens is 2. The number of aliphatic hydroxyl groups is 2. The van der Waals surface area contributed by atoms with Gasteiger partial charge in [-0.15, -0.1) is 0 Å². The van der Waals surface area contributed by atoms with Crippen LogP contribution in [0.1, 0.15) is 44.2 Å². The van der Waals surface area contributed by atoms with Crippen molar-refractivity contribution in [1.29, 1.82) is 0 Å². The van der Waals surface area contributed by atoms with E-state index < -0.39 is 12.2 Å². The monoisotopic (exact) mass is 467 g/mol. The van der Waals surface area contributed by atoms with E-state index >= 15 is 0 Å². The summed E-state index contributed by atoms with van der Waals surface area (Å²) in [5.74, 6) is -0.271. The topological polar surface area (TPSA) is 86.6 Å². The number of pyridine rings is 2.